The molecule has 2 unspecified atom stereocenters. The molecule has 2 fully saturated rings. The van der Waals surface area contributed by atoms with Crippen molar-refractivity contribution < 1.29 is 4.39 Å². The monoisotopic (exact) mass is 350 g/mol. The molecule has 3 heterocycles. The molecule has 5 rings (SSSR count). The van der Waals surface area contributed by atoms with Gasteiger partial charge in [0.2, 0.25) is 0 Å². The minimum atomic E-state index is -0.343. The van der Waals surface area contributed by atoms with E-state index in [1.165, 1.54) is 16.7 Å². The summed E-state index contributed by atoms with van der Waals surface area (Å²) in [7, 11) is 3.83. The SMILES string of the molecule is CN1CC2C1CN2c1ccc2nc(-c3cccc(F)c3)n(C)c(=O)c2c1. The standard InChI is InChI=1S/C20H19FN4O/c1-23-10-18-17(23)11-25(18)14-6-7-16-15(9-14)20(26)24(2)19(22-16)12-4-3-5-13(21)8-12/h3-9,17-18H,10-11H2,1-2H3. The Bertz CT molecular complexity index is 1090. The summed E-state index contributed by atoms with van der Waals surface area (Å²) >= 11 is 0. The molecule has 0 amide bonds. The number of fused-ring (bicyclic) bond motifs is 2. The number of anilines is 1. The van der Waals surface area contributed by atoms with Crippen LogP contribution in [0.4, 0.5) is 10.1 Å². The first kappa shape index (κ1) is 15.5. The zero-order chi connectivity index (χ0) is 18.0. The van der Waals surface area contributed by atoms with E-state index in [-0.39, 0.29) is 11.4 Å². The van der Waals surface area contributed by atoms with E-state index < -0.39 is 0 Å². The van der Waals surface area contributed by atoms with Crippen molar-refractivity contribution in [1.82, 2.24) is 14.5 Å². The van der Waals surface area contributed by atoms with Gasteiger partial charge in [0.25, 0.3) is 5.56 Å². The summed E-state index contributed by atoms with van der Waals surface area (Å²) in [6.45, 7) is 2.07. The molecular weight excluding hydrogens is 331 g/mol. The van der Waals surface area contributed by atoms with Crippen LogP contribution in [0.15, 0.2) is 47.3 Å². The first-order chi connectivity index (χ1) is 12.5. The van der Waals surface area contributed by atoms with Crippen LogP contribution in [0.5, 0.6) is 0 Å². The number of hydrogen-bond acceptors (Lipinski definition) is 4. The van der Waals surface area contributed by atoms with Crippen LogP contribution in [-0.4, -0.2) is 46.7 Å². The Morgan fingerprint density at radius 3 is 2.62 bits per heavy atom. The predicted octanol–water partition coefficient (Wildman–Crippen LogP) is 2.24. The third-order valence-corrected chi connectivity index (χ3v) is 5.74. The van der Waals surface area contributed by atoms with Gasteiger partial charge in [-0.25, -0.2) is 9.37 Å². The molecule has 0 saturated carbocycles. The normalized spacial score (nSPS) is 22.0. The quantitative estimate of drug-likeness (QED) is 0.711. The Balaban J connectivity index is 1.59. The zero-order valence-corrected chi connectivity index (χ0v) is 14.7. The molecule has 0 aliphatic carbocycles. The fourth-order valence-corrected chi connectivity index (χ4v) is 4.09. The van der Waals surface area contributed by atoms with Crippen LogP contribution in [0, 0.1) is 5.82 Å². The Kier molecular flexibility index (Phi) is 3.21. The van der Waals surface area contributed by atoms with Gasteiger partial charge < -0.3 is 4.90 Å². The van der Waals surface area contributed by atoms with Crippen molar-refractivity contribution in [2.75, 3.05) is 25.0 Å². The summed E-state index contributed by atoms with van der Waals surface area (Å²) in [5.74, 6) is 0.129. The minimum Gasteiger partial charge on any atom is -0.364 e. The maximum absolute atomic E-state index is 13.6. The second kappa shape index (κ2) is 5.38. The highest BCUT2D eigenvalue weighted by molar-refractivity contribution is 5.84. The van der Waals surface area contributed by atoms with E-state index in [9.17, 15) is 9.18 Å². The van der Waals surface area contributed by atoms with E-state index in [1.54, 1.807) is 19.2 Å². The van der Waals surface area contributed by atoms with Crippen LogP contribution in [-0.2, 0) is 7.05 Å². The average Bonchev–Trinajstić information content (AvgIpc) is 2.62. The zero-order valence-electron chi connectivity index (χ0n) is 14.7. The molecule has 2 atom stereocenters. The molecule has 3 aromatic rings. The molecule has 0 bridgehead atoms. The van der Waals surface area contributed by atoms with Gasteiger partial charge in [0.1, 0.15) is 11.6 Å². The van der Waals surface area contributed by atoms with Crippen molar-refractivity contribution in [3.05, 3.63) is 58.6 Å². The molecule has 6 heteroatoms. The number of likely N-dealkylation sites (tertiary alicyclic amines) is 1. The first-order valence-electron chi connectivity index (χ1n) is 8.76. The molecule has 2 aliphatic heterocycles. The topological polar surface area (TPSA) is 41.4 Å². The second-order valence-electron chi connectivity index (χ2n) is 7.24. The van der Waals surface area contributed by atoms with Crippen molar-refractivity contribution >= 4 is 16.6 Å². The van der Waals surface area contributed by atoms with Gasteiger partial charge >= 0.3 is 0 Å². The number of nitrogens with zero attached hydrogens (tertiary/aromatic N) is 4. The second-order valence-corrected chi connectivity index (χ2v) is 7.24. The van der Waals surface area contributed by atoms with Crippen molar-refractivity contribution in [1.29, 1.82) is 0 Å². The predicted molar refractivity (Wildman–Crippen MR) is 99.9 cm³/mol. The van der Waals surface area contributed by atoms with Crippen molar-refractivity contribution in [3.63, 3.8) is 0 Å². The van der Waals surface area contributed by atoms with E-state index in [0.717, 1.165) is 18.8 Å². The molecule has 0 N–H and O–H groups in total. The smallest absolute Gasteiger partial charge is 0.261 e. The number of benzene rings is 2. The van der Waals surface area contributed by atoms with Gasteiger partial charge in [0, 0.05) is 37.4 Å². The number of halogens is 1. The van der Waals surface area contributed by atoms with Gasteiger partial charge in [-0.3, -0.25) is 14.3 Å². The molecule has 26 heavy (non-hydrogen) atoms. The van der Waals surface area contributed by atoms with Gasteiger partial charge in [0.05, 0.1) is 16.9 Å². The molecule has 1 aromatic heterocycles. The number of rotatable bonds is 2. The van der Waals surface area contributed by atoms with E-state index in [2.05, 4.69) is 21.8 Å². The van der Waals surface area contributed by atoms with Gasteiger partial charge in [0.15, 0.2) is 0 Å². The van der Waals surface area contributed by atoms with E-state index in [4.69, 9.17) is 0 Å². The summed E-state index contributed by atoms with van der Waals surface area (Å²) in [5.41, 5.74) is 2.20. The largest absolute Gasteiger partial charge is 0.364 e. The number of aromatic nitrogens is 2. The summed E-state index contributed by atoms with van der Waals surface area (Å²) in [6, 6.07) is 13.2. The van der Waals surface area contributed by atoms with Gasteiger partial charge in [-0.05, 0) is 37.4 Å². The van der Waals surface area contributed by atoms with Crippen LogP contribution < -0.4 is 10.5 Å². The van der Waals surface area contributed by atoms with E-state index in [0.29, 0.717) is 34.4 Å². The Morgan fingerprint density at radius 1 is 1.08 bits per heavy atom. The van der Waals surface area contributed by atoms with Gasteiger partial charge in [-0.2, -0.15) is 0 Å². The molecular formula is C20H19FN4O. The Morgan fingerprint density at radius 2 is 1.92 bits per heavy atom. The van der Waals surface area contributed by atoms with Crippen LogP contribution in [0.2, 0.25) is 0 Å². The van der Waals surface area contributed by atoms with Crippen LogP contribution in [0.3, 0.4) is 0 Å². The van der Waals surface area contributed by atoms with Gasteiger partial charge in [-0.15, -0.1) is 0 Å². The van der Waals surface area contributed by atoms with Crippen molar-refractivity contribution in [2.24, 2.45) is 7.05 Å². The molecule has 0 spiro atoms. The van der Waals surface area contributed by atoms with E-state index >= 15 is 0 Å². The average molecular weight is 350 g/mol. The van der Waals surface area contributed by atoms with Crippen molar-refractivity contribution in [3.8, 4) is 11.4 Å². The minimum absolute atomic E-state index is 0.112. The lowest BCUT2D eigenvalue weighted by Gasteiger charge is -2.62. The lowest BCUT2D eigenvalue weighted by molar-refractivity contribution is 0.0369. The highest BCUT2D eigenvalue weighted by Crippen LogP contribution is 2.36. The lowest BCUT2D eigenvalue weighted by Crippen LogP contribution is -2.78. The molecule has 5 nitrogen and oxygen atoms in total. The van der Waals surface area contributed by atoms with Crippen LogP contribution >= 0.6 is 0 Å². The summed E-state index contributed by atoms with van der Waals surface area (Å²) in [6.07, 6.45) is 0. The van der Waals surface area contributed by atoms with Gasteiger partial charge in [-0.1, -0.05) is 12.1 Å². The lowest BCUT2D eigenvalue weighted by atomic mass is 9.85. The molecule has 132 valence electrons. The maximum atomic E-state index is 13.6. The summed E-state index contributed by atoms with van der Waals surface area (Å²) in [4.78, 5) is 22.2. The first-order valence-corrected chi connectivity index (χ1v) is 8.76. The summed E-state index contributed by atoms with van der Waals surface area (Å²) in [5, 5.41) is 0.598. The third-order valence-electron chi connectivity index (χ3n) is 5.74. The highest BCUT2D eigenvalue weighted by Gasteiger charge is 2.49. The van der Waals surface area contributed by atoms with Crippen LogP contribution in [0.1, 0.15) is 0 Å². The Hall–Kier alpha value is -2.73. The third kappa shape index (κ3) is 2.12. The maximum Gasteiger partial charge on any atom is 0.261 e. The molecule has 2 saturated heterocycles. The molecule has 2 aromatic carbocycles. The van der Waals surface area contributed by atoms with Crippen molar-refractivity contribution in [2.45, 2.75) is 12.1 Å². The van der Waals surface area contributed by atoms with E-state index in [1.807, 2.05) is 18.2 Å². The summed E-state index contributed by atoms with van der Waals surface area (Å²) < 4.78 is 15.1. The highest BCUT2D eigenvalue weighted by atomic mass is 19.1. The van der Waals surface area contributed by atoms with Crippen LogP contribution in [0.25, 0.3) is 22.3 Å². The number of hydrogen-bond donors (Lipinski definition) is 0. The number of likely N-dealkylation sites (N-methyl/N-ethyl adjacent to an activating group) is 1. The Labute approximate surface area is 150 Å². The fourth-order valence-electron chi connectivity index (χ4n) is 4.09. The molecule has 0 radical (unpaired) electrons. The molecule has 2 aliphatic rings. The fraction of sp³-hybridized carbons (Fsp3) is 0.300. The number of piperazine rings is 1.